The number of carbonyl (C=O) groups excluding carboxylic acids is 6. The van der Waals surface area contributed by atoms with E-state index in [4.69, 9.17) is 0 Å². The average Bonchev–Trinajstić information content (AvgIpc) is 3.56. The lowest BCUT2D eigenvalue weighted by Gasteiger charge is -2.20. The molecule has 0 saturated carbocycles. The average molecular weight is 713 g/mol. The summed E-state index contributed by atoms with van der Waals surface area (Å²) < 4.78 is 0. The van der Waals surface area contributed by atoms with Gasteiger partial charge in [-0.2, -0.15) is 0 Å². The molecule has 6 amide bonds. The van der Waals surface area contributed by atoms with Crippen molar-refractivity contribution in [2.45, 2.75) is 27.7 Å². The Kier molecular flexibility index (Phi) is 8.03. The second-order valence-electron chi connectivity index (χ2n) is 13.6. The number of fused-ring (bicyclic) bond motifs is 3. The lowest BCUT2D eigenvalue weighted by atomic mass is 10.0. The van der Waals surface area contributed by atoms with Crippen LogP contribution in [0, 0.1) is 27.7 Å². The number of amides is 6. The van der Waals surface area contributed by atoms with Gasteiger partial charge in [0, 0.05) is 33.3 Å². The molecule has 6 aromatic carbocycles. The summed E-state index contributed by atoms with van der Waals surface area (Å²) in [6.07, 6.45) is 0. The molecule has 0 saturated heterocycles. The van der Waals surface area contributed by atoms with Gasteiger partial charge in [0.25, 0.3) is 35.4 Å². The Morgan fingerprint density at radius 2 is 0.815 bits per heavy atom. The summed E-state index contributed by atoms with van der Waals surface area (Å²) >= 11 is 0. The Balaban J connectivity index is 1.08. The maximum Gasteiger partial charge on any atom is 0.266 e. The van der Waals surface area contributed by atoms with Crippen LogP contribution in [0.2, 0.25) is 0 Å². The molecule has 10 nitrogen and oxygen atoms in total. The number of carbonyl (C=O) groups is 6. The van der Waals surface area contributed by atoms with Crippen molar-refractivity contribution in [3.63, 3.8) is 0 Å². The third-order valence-corrected chi connectivity index (χ3v) is 10.2. The number of benzene rings is 6. The van der Waals surface area contributed by atoms with Crippen LogP contribution in [0.4, 0.5) is 22.7 Å². The van der Waals surface area contributed by atoms with Crippen LogP contribution in [-0.4, -0.2) is 35.4 Å². The van der Waals surface area contributed by atoms with Crippen LogP contribution in [0.1, 0.15) is 84.4 Å². The largest absolute Gasteiger partial charge is 0.322 e. The zero-order chi connectivity index (χ0) is 38.0. The minimum Gasteiger partial charge on any atom is -0.322 e. The van der Waals surface area contributed by atoms with E-state index in [1.54, 1.807) is 48.5 Å². The van der Waals surface area contributed by atoms with Gasteiger partial charge in [-0.25, -0.2) is 9.80 Å². The third-order valence-electron chi connectivity index (χ3n) is 10.2. The van der Waals surface area contributed by atoms with Gasteiger partial charge >= 0.3 is 0 Å². The Morgan fingerprint density at radius 1 is 0.426 bits per heavy atom. The van der Waals surface area contributed by atoms with Crippen molar-refractivity contribution >= 4 is 69.0 Å². The van der Waals surface area contributed by atoms with E-state index >= 15 is 0 Å². The van der Waals surface area contributed by atoms with Crippen LogP contribution in [0.5, 0.6) is 0 Å². The topological polar surface area (TPSA) is 133 Å². The van der Waals surface area contributed by atoms with Gasteiger partial charge in [0.15, 0.2) is 0 Å². The van der Waals surface area contributed by atoms with E-state index in [1.807, 2.05) is 52.0 Å². The molecule has 0 aliphatic carbocycles. The zero-order valence-corrected chi connectivity index (χ0v) is 29.7. The zero-order valence-electron chi connectivity index (χ0n) is 29.7. The van der Waals surface area contributed by atoms with Gasteiger partial charge < -0.3 is 10.6 Å². The Labute approximate surface area is 310 Å². The van der Waals surface area contributed by atoms with Crippen molar-refractivity contribution in [1.82, 2.24) is 0 Å². The van der Waals surface area contributed by atoms with Crippen LogP contribution < -0.4 is 20.4 Å². The van der Waals surface area contributed by atoms with Crippen molar-refractivity contribution in [3.8, 4) is 0 Å². The highest BCUT2D eigenvalue weighted by Crippen LogP contribution is 2.40. The number of imide groups is 2. The number of anilines is 4. The summed E-state index contributed by atoms with van der Waals surface area (Å²) in [5, 5.41) is 6.59. The van der Waals surface area contributed by atoms with Crippen LogP contribution in [-0.2, 0) is 0 Å². The Hall–Kier alpha value is -7.20. The predicted molar refractivity (Wildman–Crippen MR) is 207 cm³/mol. The Morgan fingerprint density at radius 3 is 1.20 bits per heavy atom. The highest BCUT2D eigenvalue weighted by molar-refractivity contribution is 6.38. The molecule has 2 aliphatic heterocycles. The molecule has 0 radical (unpaired) electrons. The molecule has 0 atom stereocenters. The van der Waals surface area contributed by atoms with Gasteiger partial charge in [0.1, 0.15) is 0 Å². The maximum atomic E-state index is 13.9. The van der Waals surface area contributed by atoms with E-state index in [-0.39, 0.29) is 44.8 Å². The number of nitrogens with zero attached hydrogens (tertiary/aromatic N) is 2. The molecule has 0 aromatic heterocycles. The number of nitrogens with one attached hydrogen (secondary N) is 2. The minimum atomic E-state index is -0.610. The molecule has 0 bridgehead atoms. The van der Waals surface area contributed by atoms with Crippen LogP contribution >= 0.6 is 0 Å². The third kappa shape index (κ3) is 5.52. The highest BCUT2D eigenvalue weighted by atomic mass is 16.2. The molecular formula is C44H32N4O6. The fourth-order valence-corrected chi connectivity index (χ4v) is 6.91. The molecule has 8 rings (SSSR count). The lowest BCUT2D eigenvalue weighted by Crippen LogP contribution is -2.30. The maximum absolute atomic E-state index is 13.9. The predicted octanol–water partition coefficient (Wildman–Crippen LogP) is 8.18. The van der Waals surface area contributed by atoms with Crippen molar-refractivity contribution in [2.75, 3.05) is 20.4 Å². The fourth-order valence-electron chi connectivity index (χ4n) is 6.91. The molecule has 54 heavy (non-hydrogen) atoms. The van der Waals surface area contributed by atoms with Crippen molar-refractivity contribution in [2.24, 2.45) is 0 Å². The SMILES string of the molecule is Cc1ccc(NC(=O)c2ccc3c(c2)C(=O)N(c2cccc4c(N5C(=O)c6ccc(C(=O)Nc7ccc(C)c(C)c7)cc6C5=O)cccc24)C3=O)cc1C. The highest BCUT2D eigenvalue weighted by Gasteiger charge is 2.40. The van der Waals surface area contributed by atoms with E-state index in [2.05, 4.69) is 10.6 Å². The van der Waals surface area contributed by atoms with E-state index in [0.29, 0.717) is 22.1 Å². The van der Waals surface area contributed by atoms with Crippen molar-refractivity contribution in [1.29, 1.82) is 0 Å². The number of rotatable bonds is 6. The van der Waals surface area contributed by atoms with E-state index in [9.17, 15) is 28.8 Å². The quantitative estimate of drug-likeness (QED) is 0.167. The van der Waals surface area contributed by atoms with Gasteiger partial charge in [-0.15, -0.1) is 0 Å². The lowest BCUT2D eigenvalue weighted by molar-refractivity contribution is 0.0910. The second kappa shape index (κ2) is 12.8. The molecule has 6 aromatic rings. The molecule has 2 N–H and O–H groups in total. The van der Waals surface area contributed by atoms with Crippen LogP contribution in [0.25, 0.3) is 10.8 Å². The summed E-state index contributed by atoms with van der Waals surface area (Å²) in [4.78, 5) is 83.8. The molecule has 0 unspecified atom stereocenters. The van der Waals surface area contributed by atoms with Crippen LogP contribution in [0.15, 0.2) is 109 Å². The summed E-state index contributed by atoms with van der Waals surface area (Å²) in [5.41, 5.74) is 6.81. The normalized spacial score (nSPS) is 13.4. The number of hydrogen-bond acceptors (Lipinski definition) is 6. The second-order valence-corrected chi connectivity index (χ2v) is 13.6. The van der Waals surface area contributed by atoms with Crippen molar-refractivity contribution < 1.29 is 28.8 Å². The van der Waals surface area contributed by atoms with Gasteiger partial charge in [-0.3, -0.25) is 28.8 Å². The molecular weight excluding hydrogens is 681 g/mol. The van der Waals surface area contributed by atoms with E-state index in [1.165, 1.54) is 36.4 Å². The van der Waals surface area contributed by atoms with E-state index < -0.39 is 35.4 Å². The van der Waals surface area contributed by atoms with Gasteiger partial charge in [-0.05, 0) is 123 Å². The molecule has 10 heteroatoms. The summed E-state index contributed by atoms with van der Waals surface area (Å²) in [5.74, 6) is -3.21. The molecule has 264 valence electrons. The number of aryl methyl sites for hydroxylation is 4. The summed E-state index contributed by atoms with van der Waals surface area (Å²) in [7, 11) is 0. The van der Waals surface area contributed by atoms with E-state index in [0.717, 1.165) is 32.1 Å². The summed E-state index contributed by atoms with van der Waals surface area (Å²) in [6.45, 7) is 7.84. The first kappa shape index (κ1) is 33.9. The molecule has 2 aliphatic rings. The molecule has 2 heterocycles. The van der Waals surface area contributed by atoms with Crippen molar-refractivity contribution in [3.05, 3.63) is 165 Å². The monoisotopic (exact) mass is 712 g/mol. The Bertz CT molecular complexity index is 2510. The van der Waals surface area contributed by atoms with Crippen LogP contribution in [0.3, 0.4) is 0 Å². The minimum absolute atomic E-state index is 0.0820. The first-order chi connectivity index (χ1) is 25.9. The molecule has 0 fully saturated rings. The fraction of sp³-hybridized carbons (Fsp3) is 0.0909. The van der Waals surface area contributed by atoms with Gasteiger partial charge in [0.05, 0.1) is 33.6 Å². The smallest absolute Gasteiger partial charge is 0.266 e. The first-order valence-electron chi connectivity index (χ1n) is 17.3. The molecule has 0 spiro atoms. The first-order valence-corrected chi connectivity index (χ1v) is 17.3. The number of hydrogen-bond donors (Lipinski definition) is 2. The summed E-state index contributed by atoms with van der Waals surface area (Å²) in [6, 6.07) is 29.8. The van der Waals surface area contributed by atoms with Gasteiger partial charge in [-0.1, -0.05) is 36.4 Å². The van der Waals surface area contributed by atoms with Gasteiger partial charge in [0.2, 0.25) is 0 Å². The standard InChI is InChI=1S/C44H32N4O6/c1-23-11-15-29(19-25(23)3)45-39(49)27-13-17-33-35(21-27)43(53)47(41(33)51)37-9-5-8-32-31(37)7-6-10-38(32)48-42(52)34-18-14-28(22-36(34)44(48)54)40(50)46-30-16-12-24(2)26(4)20-30/h5-22H,1-4H3,(H,45,49)(H,46,50).